The van der Waals surface area contributed by atoms with Gasteiger partial charge in [0.25, 0.3) is 0 Å². The molecule has 0 aromatic carbocycles. The Balaban J connectivity index is 2.49. The van der Waals surface area contributed by atoms with Crippen LogP contribution in [0.25, 0.3) is 0 Å². The lowest BCUT2D eigenvalue weighted by molar-refractivity contribution is -0.141. The molecule has 1 aromatic rings. The van der Waals surface area contributed by atoms with Crippen LogP contribution in [0.2, 0.25) is 0 Å². The zero-order valence-electron chi connectivity index (χ0n) is 10.9. The Morgan fingerprint density at radius 3 is 2.75 bits per heavy atom. The number of hydrogen-bond donors (Lipinski definition) is 2. The van der Waals surface area contributed by atoms with Crippen molar-refractivity contribution >= 4 is 23.4 Å². The van der Waals surface area contributed by atoms with Crippen LogP contribution in [0.3, 0.4) is 0 Å². The second kappa shape index (κ2) is 5.51. The van der Waals surface area contributed by atoms with Gasteiger partial charge in [0, 0.05) is 24.1 Å². The molecule has 4 nitrogen and oxygen atoms in total. The third kappa shape index (κ3) is 3.00. The normalized spacial score (nSPS) is 20.0. The zero-order chi connectivity index (χ0) is 14.9. The Kier molecular flexibility index (Phi) is 4.12. The lowest BCUT2D eigenvalue weighted by atomic mass is 10.1. The van der Waals surface area contributed by atoms with E-state index in [4.69, 9.17) is 11.1 Å². The first-order valence-electron chi connectivity index (χ1n) is 6.07. The monoisotopic (exact) mass is 304 g/mol. The minimum atomic E-state index is -4.50. The molecule has 1 aliphatic rings. The van der Waals surface area contributed by atoms with Crippen molar-refractivity contribution in [3.8, 4) is 0 Å². The smallest absolute Gasteiger partial charge is 0.384 e. The van der Waals surface area contributed by atoms with E-state index in [0.717, 1.165) is 17.6 Å². The van der Waals surface area contributed by atoms with Crippen molar-refractivity contribution in [2.24, 2.45) is 5.73 Å². The number of hydrogen-bond acceptors (Lipinski definition) is 4. The quantitative estimate of drug-likeness (QED) is 0.650. The Morgan fingerprint density at radius 1 is 1.50 bits per heavy atom. The number of nitrogens with zero attached hydrogens (tertiary/aromatic N) is 2. The van der Waals surface area contributed by atoms with Crippen LogP contribution in [0.1, 0.15) is 18.2 Å². The second-order valence-corrected chi connectivity index (χ2v) is 5.75. The Bertz CT molecular complexity index is 518. The predicted molar refractivity (Wildman–Crippen MR) is 74.4 cm³/mol. The topological polar surface area (TPSA) is 66.0 Å². The summed E-state index contributed by atoms with van der Waals surface area (Å²) in [4.78, 5) is 5.50. The maximum atomic E-state index is 12.8. The lowest BCUT2D eigenvalue weighted by Crippen LogP contribution is -2.42. The highest BCUT2D eigenvalue weighted by atomic mass is 32.2. The third-order valence-electron chi connectivity index (χ3n) is 3.10. The molecule has 2 heterocycles. The molecule has 110 valence electrons. The minimum Gasteiger partial charge on any atom is -0.384 e. The maximum Gasteiger partial charge on any atom is 0.433 e. The second-order valence-electron chi connectivity index (χ2n) is 4.60. The highest BCUT2D eigenvalue weighted by Crippen LogP contribution is 2.32. The highest BCUT2D eigenvalue weighted by molar-refractivity contribution is 7.99. The number of nitrogens with two attached hydrogens (primary N) is 1. The number of amidine groups is 1. The summed E-state index contributed by atoms with van der Waals surface area (Å²) in [5, 5.41) is 7.51. The Hall–Kier alpha value is -1.44. The van der Waals surface area contributed by atoms with E-state index in [2.05, 4.69) is 4.98 Å². The first kappa shape index (κ1) is 15.0. The van der Waals surface area contributed by atoms with Crippen LogP contribution >= 0.6 is 11.8 Å². The number of nitrogens with one attached hydrogen (secondary N) is 1. The van der Waals surface area contributed by atoms with Gasteiger partial charge in [0.15, 0.2) is 0 Å². The number of nitrogen functional groups attached to an aromatic ring is 1. The van der Waals surface area contributed by atoms with Crippen LogP contribution in [0.5, 0.6) is 0 Å². The summed E-state index contributed by atoms with van der Waals surface area (Å²) in [6, 6.07) is 2.15. The molecular formula is C12H15F3N4S. The van der Waals surface area contributed by atoms with E-state index in [9.17, 15) is 13.2 Å². The molecule has 0 amide bonds. The van der Waals surface area contributed by atoms with Crippen LogP contribution in [0, 0.1) is 5.41 Å². The molecule has 0 aliphatic carbocycles. The van der Waals surface area contributed by atoms with E-state index in [1.807, 2.05) is 6.92 Å². The van der Waals surface area contributed by atoms with Gasteiger partial charge in [-0.3, -0.25) is 5.41 Å². The molecule has 20 heavy (non-hydrogen) atoms. The van der Waals surface area contributed by atoms with Gasteiger partial charge in [0.1, 0.15) is 17.3 Å². The molecule has 2 rings (SSSR count). The molecule has 1 fully saturated rings. The van der Waals surface area contributed by atoms with Gasteiger partial charge in [-0.05, 0) is 19.1 Å². The first-order chi connectivity index (χ1) is 9.30. The van der Waals surface area contributed by atoms with Crippen molar-refractivity contribution in [3.05, 3.63) is 23.4 Å². The molecule has 0 radical (unpaired) electrons. The van der Waals surface area contributed by atoms with Gasteiger partial charge < -0.3 is 10.6 Å². The van der Waals surface area contributed by atoms with Gasteiger partial charge in [0.2, 0.25) is 0 Å². The summed E-state index contributed by atoms with van der Waals surface area (Å²) in [6.07, 6.45) is -4.50. The number of rotatable bonds is 2. The van der Waals surface area contributed by atoms with Crippen molar-refractivity contribution in [3.63, 3.8) is 0 Å². The van der Waals surface area contributed by atoms with Gasteiger partial charge >= 0.3 is 6.18 Å². The van der Waals surface area contributed by atoms with Gasteiger partial charge in [-0.2, -0.15) is 24.9 Å². The Labute approximate surface area is 119 Å². The number of pyridine rings is 1. The summed E-state index contributed by atoms with van der Waals surface area (Å²) >= 11 is 1.75. The molecule has 0 spiro atoms. The van der Waals surface area contributed by atoms with Gasteiger partial charge in [-0.15, -0.1) is 0 Å². The highest BCUT2D eigenvalue weighted by Gasteiger charge is 2.34. The van der Waals surface area contributed by atoms with Crippen LogP contribution in [-0.4, -0.2) is 34.9 Å². The molecule has 1 atom stereocenters. The van der Waals surface area contributed by atoms with Crippen molar-refractivity contribution in [1.29, 1.82) is 5.41 Å². The van der Waals surface area contributed by atoms with Gasteiger partial charge in [-0.25, -0.2) is 4.98 Å². The van der Waals surface area contributed by atoms with E-state index >= 15 is 0 Å². The molecule has 8 heteroatoms. The third-order valence-corrected chi connectivity index (χ3v) is 4.28. The lowest BCUT2D eigenvalue weighted by Gasteiger charge is -2.35. The molecule has 1 unspecified atom stereocenters. The summed E-state index contributed by atoms with van der Waals surface area (Å²) in [6.45, 7) is 2.53. The number of thioether (sulfide) groups is 1. The van der Waals surface area contributed by atoms with Gasteiger partial charge in [-0.1, -0.05) is 0 Å². The standard InChI is InChI=1S/C12H15F3N4S/c1-7-6-20-5-4-19(7)11-8(10(16)17)2-3-9(18-11)12(13,14)15/h2-3,7H,4-6H2,1H3,(H3,16,17). The average molecular weight is 304 g/mol. The molecule has 0 bridgehead atoms. The fraction of sp³-hybridized carbons (Fsp3) is 0.500. The molecular weight excluding hydrogens is 289 g/mol. The van der Waals surface area contributed by atoms with E-state index in [1.165, 1.54) is 6.07 Å². The molecule has 1 aromatic heterocycles. The van der Waals surface area contributed by atoms with Crippen molar-refractivity contribution in [1.82, 2.24) is 4.98 Å². The summed E-state index contributed by atoms with van der Waals surface area (Å²) < 4.78 is 38.4. The first-order valence-corrected chi connectivity index (χ1v) is 7.23. The van der Waals surface area contributed by atoms with E-state index in [0.29, 0.717) is 6.54 Å². The van der Waals surface area contributed by atoms with Crippen LogP contribution in [0.4, 0.5) is 19.0 Å². The van der Waals surface area contributed by atoms with Gasteiger partial charge in [0.05, 0.1) is 5.56 Å². The van der Waals surface area contributed by atoms with Crippen molar-refractivity contribution in [2.75, 3.05) is 23.0 Å². The summed E-state index contributed by atoms with van der Waals surface area (Å²) in [5.41, 5.74) is 4.75. The van der Waals surface area contributed by atoms with Crippen molar-refractivity contribution in [2.45, 2.75) is 19.1 Å². The fourth-order valence-corrected chi connectivity index (χ4v) is 3.09. The van der Waals surface area contributed by atoms with Crippen LogP contribution in [0.15, 0.2) is 12.1 Å². The number of aromatic nitrogens is 1. The largest absolute Gasteiger partial charge is 0.433 e. The molecule has 1 saturated heterocycles. The molecule has 3 N–H and O–H groups in total. The van der Waals surface area contributed by atoms with Crippen molar-refractivity contribution < 1.29 is 13.2 Å². The zero-order valence-corrected chi connectivity index (χ0v) is 11.7. The Morgan fingerprint density at radius 2 is 2.20 bits per heavy atom. The van der Waals surface area contributed by atoms with Crippen LogP contribution in [-0.2, 0) is 6.18 Å². The molecule has 0 saturated carbocycles. The predicted octanol–water partition coefficient (Wildman–Crippen LogP) is 2.33. The minimum absolute atomic E-state index is 0.0582. The van der Waals surface area contributed by atoms with E-state index in [-0.39, 0.29) is 23.3 Å². The summed E-state index contributed by atoms with van der Waals surface area (Å²) in [7, 11) is 0. The molecule has 1 aliphatic heterocycles. The SMILES string of the molecule is CC1CSCCN1c1nc(C(F)(F)F)ccc1C(=N)N. The number of anilines is 1. The fourth-order valence-electron chi connectivity index (χ4n) is 2.08. The summed E-state index contributed by atoms with van der Waals surface area (Å²) in [5.74, 6) is 1.52. The van der Waals surface area contributed by atoms with Crippen LogP contribution < -0.4 is 10.6 Å². The number of alkyl halides is 3. The number of halogens is 3. The van der Waals surface area contributed by atoms with E-state index in [1.54, 1.807) is 16.7 Å². The van der Waals surface area contributed by atoms with E-state index < -0.39 is 11.9 Å². The maximum absolute atomic E-state index is 12.8. The average Bonchev–Trinajstić information content (AvgIpc) is 2.37.